The number of hydrogen-bond acceptors (Lipinski definition) is 2. The molecule has 0 heterocycles. The summed E-state index contributed by atoms with van der Waals surface area (Å²) in [6.07, 6.45) is 0. The van der Waals surface area contributed by atoms with Gasteiger partial charge in [-0.05, 0) is 50.1 Å². The fourth-order valence-corrected chi connectivity index (χ4v) is 3.65. The minimum Gasteiger partial charge on any atom is -0.279 e. The van der Waals surface area contributed by atoms with E-state index in [9.17, 15) is 12.8 Å². The summed E-state index contributed by atoms with van der Waals surface area (Å²) in [7, 11) is -4.00. The predicted octanol–water partition coefficient (Wildman–Crippen LogP) is 4.21. The summed E-state index contributed by atoms with van der Waals surface area (Å²) >= 11 is 5.64. The van der Waals surface area contributed by atoms with E-state index in [2.05, 4.69) is 4.72 Å². The Labute approximate surface area is 128 Å². The first-order chi connectivity index (χ1) is 9.70. The summed E-state index contributed by atoms with van der Waals surface area (Å²) in [6.45, 7) is 5.53. The molecule has 112 valence electrons. The summed E-state index contributed by atoms with van der Waals surface area (Å²) < 4.78 is 40.9. The Balaban J connectivity index is 2.47. The van der Waals surface area contributed by atoms with Crippen molar-refractivity contribution in [1.29, 1.82) is 0 Å². The molecule has 0 aliphatic carbocycles. The smallest absolute Gasteiger partial charge is 0.264 e. The number of sulfonamides is 1. The summed E-state index contributed by atoms with van der Waals surface area (Å²) in [6, 6.07) is 7.20. The van der Waals surface area contributed by atoms with E-state index in [4.69, 9.17) is 11.6 Å². The highest BCUT2D eigenvalue weighted by Crippen LogP contribution is 2.26. The normalized spacial score (nSPS) is 11.5. The number of hydrogen-bond donors (Lipinski definition) is 1. The number of nitrogens with one attached hydrogen (secondary N) is 1. The fourth-order valence-electron chi connectivity index (χ4n) is 2.22. The van der Waals surface area contributed by atoms with Crippen LogP contribution in [0.2, 0.25) is 5.02 Å². The zero-order valence-electron chi connectivity index (χ0n) is 11.9. The quantitative estimate of drug-likeness (QED) is 0.918. The van der Waals surface area contributed by atoms with Gasteiger partial charge in [-0.15, -0.1) is 0 Å². The van der Waals surface area contributed by atoms with E-state index in [0.29, 0.717) is 5.69 Å². The van der Waals surface area contributed by atoms with Gasteiger partial charge in [0.05, 0.1) is 5.69 Å². The Hall–Kier alpha value is -1.59. The van der Waals surface area contributed by atoms with E-state index in [0.717, 1.165) is 28.8 Å². The van der Waals surface area contributed by atoms with Gasteiger partial charge in [0.2, 0.25) is 0 Å². The lowest BCUT2D eigenvalue weighted by molar-refractivity contribution is 0.570. The van der Waals surface area contributed by atoms with Crippen molar-refractivity contribution in [2.45, 2.75) is 25.7 Å². The molecule has 0 radical (unpaired) electrons. The van der Waals surface area contributed by atoms with Crippen molar-refractivity contribution in [1.82, 2.24) is 0 Å². The molecule has 0 amide bonds. The fraction of sp³-hybridized carbons (Fsp3) is 0.200. The molecule has 6 heteroatoms. The van der Waals surface area contributed by atoms with Crippen LogP contribution in [-0.2, 0) is 10.0 Å². The van der Waals surface area contributed by atoms with E-state index in [1.165, 1.54) is 6.07 Å². The Bertz CT molecular complexity index is 780. The maximum absolute atomic E-state index is 13.8. The molecule has 0 aliphatic rings. The SMILES string of the molecule is Cc1cc(C)c(NS(=O)(=O)c2ccc(Cl)cc2F)c(C)c1. The number of halogens is 2. The highest BCUT2D eigenvalue weighted by molar-refractivity contribution is 7.92. The van der Waals surface area contributed by atoms with Crippen molar-refractivity contribution in [3.05, 3.63) is 57.9 Å². The molecule has 0 saturated heterocycles. The molecule has 0 aliphatic heterocycles. The summed E-state index contributed by atoms with van der Waals surface area (Å²) in [5.41, 5.74) is 3.07. The minimum atomic E-state index is -4.00. The zero-order chi connectivity index (χ0) is 15.8. The van der Waals surface area contributed by atoms with Gasteiger partial charge >= 0.3 is 0 Å². The van der Waals surface area contributed by atoms with Gasteiger partial charge in [-0.3, -0.25) is 4.72 Å². The number of aryl methyl sites for hydroxylation is 3. The molecule has 0 aromatic heterocycles. The highest BCUT2D eigenvalue weighted by Gasteiger charge is 2.21. The molecule has 2 aromatic carbocycles. The van der Waals surface area contributed by atoms with Crippen LogP contribution in [0.25, 0.3) is 0 Å². The summed E-state index contributed by atoms with van der Waals surface area (Å²) in [5.74, 6) is -0.877. The van der Waals surface area contributed by atoms with Crippen molar-refractivity contribution in [2.75, 3.05) is 4.72 Å². The molecule has 1 N–H and O–H groups in total. The Morgan fingerprint density at radius 2 is 1.62 bits per heavy atom. The van der Waals surface area contributed by atoms with Gasteiger partial charge in [0, 0.05) is 5.02 Å². The minimum absolute atomic E-state index is 0.147. The van der Waals surface area contributed by atoms with Crippen LogP contribution < -0.4 is 4.72 Å². The van der Waals surface area contributed by atoms with Crippen molar-refractivity contribution < 1.29 is 12.8 Å². The molecule has 0 spiro atoms. The summed E-state index contributed by atoms with van der Waals surface area (Å²) in [4.78, 5) is -0.425. The molecular formula is C15H15ClFNO2S. The van der Waals surface area contributed by atoms with Gasteiger partial charge in [-0.25, -0.2) is 12.8 Å². The van der Waals surface area contributed by atoms with Gasteiger partial charge < -0.3 is 0 Å². The van der Waals surface area contributed by atoms with Gasteiger partial charge in [0.15, 0.2) is 0 Å². The lowest BCUT2D eigenvalue weighted by atomic mass is 10.1. The zero-order valence-corrected chi connectivity index (χ0v) is 13.4. The van der Waals surface area contributed by atoms with Crippen molar-refractivity contribution >= 4 is 27.3 Å². The van der Waals surface area contributed by atoms with Crippen molar-refractivity contribution in [2.24, 2.45) is 0 Å². The highest BCUT2D eigenvalue weighted by atomic mass is 35.5. The maximum atomic E-state index is 13.8. The van der Waals surface area contributed by atoms with Crippen LogP contribution in [0.3, 0.4) is 0 Å². The first-order valence-corrected chi connectivity index (χ1v) is 8.12. The second-order valence-electron chi connectivity index (χ2n) is 4.95. The van der Waals surface area contributed by atoms with Crippen LogP contribution in [0.15, 0.2) is 35.2 Å². The molecule has 0 fully saturated rings. The van der Waals surface area contributed by atoms with Crippen LogP contribution in [0.1, 0.15) is 16.7 Å². The van der Waals surface area contributed by atoms with Crippen LogP contribution in [-0.4, -0.2) is 8.42 Å². The molecule has 0 atom stereocenters. The largest absolute Gasteiger partial charge is 0.279 e. The topological polar surface area (TPSA) is 46.2 Å². The van der Waals surface area contributed by atoms with E-state index < -0.39 is 20.7 Å². The van der Waals surface area contributed by atoms with Crippen LogP contribution in [0.4, 0.5) is 10.1 Å². The Morgan fingerprint density at radius 1 is 1.05 bits per heavy atom. The van der Waals surface area contributed by atoms with Gasteiger partial charge in [0.1, 0.15) is 10.7 Å². The van der Waals surface area contributed by atoms with Crippen molar-refractivity contribution in [3.8, 4) is 0 Å². The molecule has 3 nitrogen and oxygen atoms in total. The Kier molecular flexibility index (Phi) is 4.25. The molecule has 0 bridgehead atoms. The van der Waals surface area contributed by atoms with Gasteiger partial charge in [0.25, 0.3) is 10.0 Å². The predicted molar refractivity (Wildman–Crippen MR) is 82.9 cm³/mol. The molecule has 0 saturated carbocycles. The molecule has 2 rings (SSSR count). The van der Waals surface area contributed by atoms with E-state index in [1.54, 1.807) is 13.8 Å². The van der Waals surface area contributed by atoms with Crippen LogP contribution >= 0.6 is 11.6 Å². The lowest BCUT2D eigenvalue weighted by Crippen LogP contribution is -2.16. The van der Waals surface area contributed by atoms with E-state index in [-0.39, 0.29) is 5.02 Å². The second-order valence-corrected chi connectivity index (χ2v) is 7.04. The lowest BCUT2D eigenvalue weighted by Gasteiger charge is -2.14. The van der Waals surface area contributed by atoms with Gasteiger partial charge in [-0.2, -0.15) is 0 Å². The average molecular weight is 328 g/mol. The first kappa shape index (κ1) is 15.8. The van der Waals surface area contributed by atoms with E-state index in [1.807, 2.05) is 19.1 Å². The number of rotatable bonds is 3. The molecular weight excluding hydrogens is 313 g/mol. The molecule has 2 aromatic rings. The summed E-state index contributed by atoms with van der Waals surface area (Å²) in [5, 5.41) is 0.147. The maximum Gasteiger partial charge on any atom is 0.264 e. The monoisotopic (exact) mass is 327 g/mol. The first-order valence-electron chi connectivity index (χ1n) is 6.26. The molecule has 21 heavy (non-hydrogen) atoms. The number of anilines is 1. The third-order valence-corrected chi connectivity index (χ3v) is 4.71. The second kappa shape index (κ2) is 5.66. The van der Waals surface area contributed by atoms with Crippen molar-refractivity contribution in [3.63, 3.8) is 0 Å². The van der Waals surface area contributed by atoms with E-state index >= 15 is 0 Å². The standard InChI is InChI=1S/C15H15ClFNO2S/c1-9-6-10(2)15(11(3)7-9)18-21(19,20)14-5-4-12(16)8-13(14)17/h4-8,18H,1-3H3. The van der Waals surface area contributed by atoms with Crippen LogP contribution in [0.5, 0.6) is 0 Å². The number of benzene rings is 2. The Morgan fingerprint density at radius 3 is 2.14 bits per heavy atom. The van der Waals surface area contributed by atoms with Gasteiger partial charge in [-0.1, -0.05) is 29.3 Å². The third-order valence-electron chi connectivity index (χ3n) is 3.10. The third kappa shape index (κ3) is 3.36. The molecule has 0 unspecified atom stereocenters. The average Bonchev–Trinajstić information content (AvgIpc) is 2.33. The van der Waals surface area contributed by atoms with Crippen LogP contribution in [0, 0.1) is 26.6 Å².